The van der Waals surface area contributed by atoms with Gasteiger partial charge in [0.2, 0.25) is 0 Å². The van der Waals surface area contributed by atoms with Crippen LogP contribution in [0.1, 0.15) is 23.3 Å². The Hall–Kier alpha value is -3.92. The van der Waals surface area contributed by atoms with E-state index in [4.69, 9.17) is 9.26 Å². The minimum absolute atomic E-state index is 0.0637. The molecule has 0 saturated carbocycles. The molecule has 0 aliphatic carbocycles. The summed E-state index contributed by atoms with van der Waals surface area (Å²) in [6.07, 6.45) is 1.99. The lowest BCUT2D eigenvalue weighted by Crippen LogP contribution is -2.36. The molecule has 1 aliphatic heterocycles. The van der Waals surface area contributed by atoms with Crippen LogP contribution in [0.4, 0.5) is 5.69 Å². The maximum Gasteiger partial charge on any atom is 0.273 e. The molecule has 4 rings (SSSR count). The molecule has 3 aromatic rings. The molecule has 1 aromatic heterocycles. The van der Waals surface area contributed by atoms with Crippen molar-refractivity contribution < 1.29 is 24.3 Å². The molecule has 10 heteroatoms. The van der Waals surface area contributed by atoms with Gasteiger partial charge in [0.1, 0.15) is 34.2 Å². The summed E-state index contributed by atoms with van der Waals surface area (Å²) < 4.78 is 11.1. The Morgan fingerprint density at radius 1 is 1.19 bits per heavy atom. The van der Waals surface area contributed by atoms with Crippen LogP contribution < -0.4 is 15.4 Å². The molecule has 166 valence electrons. The number of amides is 1. The Morgan fingerprint density at radius 3 is 2.66 bits per heavy atom. The van der Waals surface area contributed by atoms with Gasteiger partial charge >= 0.3 is 0 Å². The van der Waals surface area contributed by atoms with Crippen molar-refractivity contribution in [2.24, 2.45) is 11.1 Å². The number of carbonyl (C=O) groups is 1. The summed E-state index contributed by atoms with van der Waals surface area (Å²) in [4.78, 5) is 23.1. The highest BCUT2D eigenvalue weighted by molar-refractivity contribution is 5.93. The summed E-state index contributed by atoms with van der Waals surface area (Å²) in [5.41, 5.74) is 0.408. The summed E-state index contributed by atoms with van der Waals surface area (Å²) in [5.74, 6) is -0.00783. The molecule has 1 fully saturated rings. The third-order valence-electron chi connectivity index (χ3n) is 5.24. The number of benzene rings is 2. The second-order valence-electron chi connectivity index (χ2n) is 7.51. The number of rotatable bonds is 7. The minimum atomic E-state index is -0.378. The van der Waals surface area contributed by atoms with Gasteiger partial charge in [-0.15, -0.1) is 4.91 Å². The molecule has 2 aromatic carbocycles. The quantitative estimate of drug-likeness (QED) is 0.409. The van der Waals surface area contributed by atoms with Gasteiger partial charge in [0.15, 0.2) is 11.5 Å². The number of phenols is 2. The second kappa shape index (κ2) is 9.48. The van der Waals surface area contributed by atoms with Crippen molar-refractivity contribution in [1.82, 2.24) is 15.8 Å². The maximum atomic E-state index is 12.5. The van der Waals surface area contributed by atoms with Crippen molar-refractivity contribution in [1.29, 1.82) is 0 Å². The Kier molecular flexibility index (Phi) is 6.31. The van der Waals surface area contributed by atoms with Crippen LogP contribution in [0.2, 0.25) is 0 Å². The highest BCUT2D eigenvalue weighted by Crippen LogP contribution is 2.43. The Bertz CT molecular complexity index is 1110. The average molecular weight is 438 g/mol. The molecule has 0 radical (unpaired) electrons. The van der Waals surface area contributed by atoms with Crippen molar-refractivity contribution in [2.75, 3.05) is 19.6 Å². The highest BCUT2D eigenvalue weighted by atomic mass is 16.5. The zero-order chi connectivity index (χ0) is 22.5. The SMILES string of the molecule is O=Nc1ccc(Oc2cc(O)cc(O)c2-c2cc(C(=O)NCC3CCNCC3)no2)cc1. The molecule has 1 amide bonds. The minimum Gasteiger partial charge on any atom is -0.508 e. The zero-order valence-electron chi connectivity index (χ0n) is 17.1. The van der Waals surface area contributed by atoms with Crippen LogP contribution in [-0.2, 0) is 0 Å². The summed E-state index contributed by atoms with van der Waals surface area (Å²) >= 11 is 0. The first kappa shape index (κ1) is 21.3. The predicted octanol–water partition coefficient (Wildman–Crippen LogP) is 3.67. The lowest BCUT2D eigenvalue weighted by Gasteiger charge is -2.22. The first-order valence-electron chi connectivity index (χ1n) is 10.2. The number of hydrogen-bond acceptors (Lipinski definition) is 9. The smallest absolute Gasteiger partial charge is 0.273 e. The Labute approximate surface area is 183 Å². The van der Waals surface area contributed by atoms with Gasteiger partial charge in [-0.25, -0.2) is 0 Å². The molecule has 0 unspecified atom stereocenters. The van der Waals surface area contributed by atoms with E-state index in [0.29, 0.717) is 18.2 Å². The lowest BCUT2D eigenvalue weighted by atomic mass is 9.98. The third kappa shape index (κ3) is 4.86. The molecular formula is C22H22N4O6. The number of piperidine rings is 1. The van der Waals surface area contributed by atoms with Crippen LogP contribution in [0.25, 0.3) is 11.3 Å². The molecule has 0 atom stereocenters. The van der Waals surface area contributed by atoms with Gasteiger partial charge in [-0.05, 0) is 61.3 Å². The summed E-state index contributed by atoms with van der Waals surface area (Å²) in [6, 6.07) is 9.77. The topological polar surface area (TPSA) is 146 Å². The number of phenolic OH excluding ortho intramolecular Hbond substituents is 2. The monoisotopic (exact) mass is 438 g/mol. The van der Waals surface area contributed by atoms with Crippen molar-refractivity contribution >= 4 is 11.6 Å². The van der Waals surface area contributed by atoms with E-state index in [-0.39, 0.29) is 45.9 Å². The van der Waals surface area contributed by atoms with Gasteiger partial charge in [-0.3, -0.25) is 4.79 Å². The van der Waals surface area contributed by atoms with Crippen molar-refractivity contribution in [2.45, 2.75) is 12.8 Å². The Balaban J connectivity index is 1.54. The van der Waals surface area contributed by atoms with Crippen molar-refractivity contribution in [3.8, 4) is 34.3 Å². The largest absolute Gasteiger partial charge is 0.508 e. The van der Waals surface area contributed by atoms with E-state index in [1.54, 1.807) is 0 Å². The van der Waals surface area contributed by atoms with E-state index in [1.807, 2.05) is 0 Å². The lowest BCUT2D eigenvalue weighted by molar-refractivity contribution is 0.0935. The first-order valence-corrected chi connectivity index (χ1v) is 10.2. The van der Waals surface area contributed by atoms with Crippen molar-refractivity contribution in [3.63, 3.8) is 0 Å². The van der Waals surface area contributed by atoms with Gasteiger partial charge in [-0.1, -0.05) is 5.16 Å². The third-order valence-corrected chi connectivity index (χ3v) is 5.24. The number of nitrogens with one attached hydrogen (secondary N) is 2. The molecule has 0 bridgehead atoms. The number of nitrogens with zero attached hydrogens (tertiary/aromatic N) is 2. The van der Waals surface area contributed by atoms with Gasteiger partial charge in [0.05, 0.1) is 0 Å². The van der Waals surface area contributed by atoms with E-state index in [0.717, 1.165) is 32.0 Å². The summed E-state index contributed by atoms with van der Waals surface area (Å²) in [5, 5.41) is 33.1. The normalized spacial score (nSPS) is 14.1. The predicted molar refractivity (Wildman–Crippen MR) is 115 cm³/mol. The zero-order valence-corrected chi connectivity index (χ0v) is 17.1. The van der Waals surface area contributed by atoms with Crippen LogP contribution in [0.3, 0.4) is 0 Å². The molecule has 4 N–H and O–H groups in total. The fourth-order valence-electron chi connectivity index (χ4n) is 3.53. The number of hydrogen-bond donors (Lipinski definition) is 4. The molecule has 1 aliphatic rings. The molecular weight excluding hydrogens is 416 g/mol. The highest BCUT2D eigenvalue weighted by Gasteiger charge is 2.22. The molecule has 1 saturated heterocycles. The number of aromatic hydroxyl groups is 2. The van der Waals surface area contributed by atoms with Gasteiger partial charge in [0.25, 0.3) is 5.91 Å². The summed E-state index contributed by atoms with van der Waals surface area (Å²) in [6.45, 7) is 2.42. The van der Waals surface area contributed by atoms with Crippen LogP contribution in [-0.4, -0.2) is 40.9 Å². The van der Waals surface area contributed by atoms with Gasteiger partial charge in [0, 0.05) is 24.7 Å². The fraction of sp³-hybridized carbons (Fsp3) is 0.273. The number of nitroso groups, excluding NO2 is 1. The molecule has 2 heterocycles. The average Bonchev–Trinajstić information content (AvgIpc) is 3.28. The standard InChI is InChI=1S/C22H22N4O6/c27-15-9-18(28)21(19(10-15)31-16-3-1-14(25-30)2-4-16)20-11-17(26-32-20)22(29)24-12-13-5-7-23-8-6-13/h1-4,9-11,13,23,27-28H,5-8,12H2,(H,24,29). The van der Waals surface area contributed by atoms with Crippen LogP contribution in [0, 0.1) is 10.8 Å². The molecule has 10 nitrogen and oxygen atoms in total. The van der Waals surface area contributed by atoms with Crippen LogP contribution in [0.5, 0.6) is 23.0 Å². The number of aromatic nitrogens is 1. The number of carbonyl (C=O) groups excluding carboxylic acids is 1. The van der Waals surface area contributed by atoms with E-state index < -0.39 is 0 Å². The number of ether oxygens (including phenoxy) is 1. The van der Waals surface area contributed by atoms with Gasteiger partial charge < -0.3 is 30.1 Å². The van der Waals surface area contributed by atoms with E-state index in [9.17, 15) is 19.9 Å². The van der Waals surface area contributed by atoms with E-state index in [2.05, 4.69) is 21.0 Å². The molecule has 0 spiro atoms. The fourth-order valence-corrected chi connectivity index (χ4v) is 3.53. The van der Waals surface area contributed by atoms with E-state index >= 15 is 0 Å². The van der Waals surface area contributed by atoms with Gasteiger partial charge in [-0.2, -0.15) is 0 Å². The maximum absolute atomic E-state index is 12.5. The van der Waals surface area contributed by atoms with Crippen molar-refractivity contribution in [3.05, 3.63) is 53.1 Å². The Morgan fingerprint density at radius 2 is 1.94 bits per heavy atom. The molecule has 32 heavy (non-hydrogen) atoms. The van der Waals surface area contributed by atoms with Crippen LogP contribution in [0.15, 0.2) is 52.2 Å². The van der Waals surface area contributed by atoms with E-state index in [1.165, 1.54) is 36.4 Å². The second-order valence-corrected chi connectivity index (χ2v) is 7.51. The first-order chi connectivity index (χ1) is 15.5. The van der Waals surface area contributed by atoms with Crippen LogP contribution >= 0.6 is 0 Å². The summed E-state index contributed by atoms with van der Waals surface area (Å²) in [7, 11) is 0.